The Morgan fingerprint density at radius 2 is 2.19 bits per heavy atom. The summed E-state index contributed by atoms with van der Waals surface area (Å²) in [6, 6.07) is 1.03. The summed E-state index contributed by atoms with van der Waals surface area (Å²) in [5, 5.41) is 5.95. The smallest absolute Gasteiger partial charge is 0.315 e. The van der Waals surface area contributed by atoms with Crippen molar-refractivity contribution in [1.82, 2.24) is 13.7 Å². The first-order valence-electron chi connectivity index (χ1n) is 6.13. The van der Waals surface area contributed by atoms with Crippen LogP contribution >= 0.6 is 22.9 Å². The van der Waals surface area contributed by atoms with Crippen LogP contribution in [0.25, 0.3) is 0 Å². The molecule has 0 spiro atoms. The van der Waals surface area contributed by atoms with Gasteiger partial charge in [0, 0.05) is 48.0 Å². The van der Waals surface area contributed by atoms with E-state index < -0.39 is 0 Å². The fourth-order valence-electron chi connectivity index (χ4n) is 2.14. The third kappa shape index (κ3) is 3.48. The van der Waals surface area contributed by atoms with E-state index in [4.69, 9.17) is 0 Å². The first-order valence-corrected chi connectivity index (χ1v) is 7.10. The molecule has 2 unspecified atom stereocenters. The van der Waals surface area contributed by atoms with Gasteiger partial charge in [0.15, 0.2) is 0 Å². The molecule has 1 saturated heterocycles. The van der Waals surface area contributed by atoms with Crippen molar-refractivity contribution in [1.29, 1.82) is 0 Å². The van der Waals surface area contributed by atoms with Gasteiger partial charge in [0.25, 0.3) is 0 Å². The minimum absolute atomic E-state index is 0.0141. The third-order valence-corrected chi connectivity index (χ3v) is 4.87. The SMILES string of the molecule is CC1C(CNC(=O)NC2CC2)CCCN1I. The summed E-state index contributed by atoms with van der Waals surface area (Å²) >= 11 is 2.39. The Morgan fingerprint density at radius 1 is 1.44 bits per heavy atom. The lowest BCUT2D eigenvalue weighted by Crippen LogP contribution is -2.45. The summed E-state index contributed by atoms with van der Waals surface area (Å²) in [5.74, 6) is 0.593. The Hall–Kier alpha value is -0.0400. The summed E-state index contributed by atoms with van der Waals surface area (Å²) in [6.07, 6.45) is 4.76. The lowest BCUT2D eigenvalue weighted by molar-refractivity contribution is 0.208. The van der Waals surface area contributed by atoms with Crippen LogP contribution in [-0.4, -0.2) is 34.3 Å². The largest absolute Gasteiger partial charge is 0.338 e. The van der Waals surface area contributed by atoms with E-state index in [1.807, 2.05) is 0 Å². The summed E-state index contributed by atoms with van der Waals surface area (Å²) in [4.78, 5) is 11.5. The van der Waals surface area contributed by atoms with Gasteiger partial charge in [-0.2, -0.15) is 0 Å². The van der Waals surface area contributed by atoms with Gasteiger partial charge in [0.1, 0.15) is 0 Å². The number of piperidine rings is 1. The quantitative estimate of drug-likeness (QED) is 0.610. The molecule has 0 aromatic rings. The summed E-state index contributed by atoms with van der Waals surface area (Å²) < 4.78 is 2.35. The van der Waals surface area contributed by atoms with Gasteiger partial charge in [-0.05, 0) is 38.5 Å². The van der Waals surface area contributed by atoms with Crippen molar-refractivity contribution in [2.75, 3.05) is 13.1 Å². The predicted molar refractivity (Wildman–Crippen MR) is 72.5 cm³/mol. The monoisotopic (exact) mass is 337 g/mol. The van der Waals surface area contributed by atoms with Crippen LogP contribution in [0.4, 0.5) is 4.79 Å². The zero-order valence-corrected chi connectivity index (χ0v) is 11.9. The third-order valence-electron chi connectivity index (χ3n) is 3.51. The minimum atomic E-state index is 0.0141. The Kier molecular flexibility index (Phi) is 4.29. The average Bonchev–Trinajstić information content (AvgIpc) is 3.04. The number of hydrogen-bond donors (Lipinski definition) is 2. The normalized spacial score (nSPS) is 31.1. The summed E-state index contributed by atoms with van der Waals surface area (Å²) in [6.45, 7) is 4.22. The van der Waals surface area contributed by atoms with Crippen molar-refractivity contribution in [3.8, 4) is 0 Å². The standard InChI is InChI=1S/C11H20IN3O/c1-8-9(3-2-6-15(8)12)7-13-11(16)14-10-4-5-10/h8-10H,2-7H2,1H3,(H2,13,14,16). The molecule has 0 bridgehead atoms. The molecule has 92 valence electrons. The molecule has 2 aliphatic rings. The van der Waals surface area contributed by atoms with Crippen LogP contribution < -0.4 is 10.6 Å². The van der Waals surface area contributed by atoms with Crippen molar-refractivity contribution < 1.29 is 4.79 Å². The second-order valence-corrected chi connectivity index (χ2v) is 6.13. The van der Waals surface area contributed by atoms with Gasteiger partial charge in [-0.15, -0.1) is 0 Å². The molecule has 5 heteroatoms. The van der Waals surface area contributed by atoms with Gasteiger partial charge >= 0.3 is 6.03 Å². The van der Waals surface area contributed by atoms with Gasteiger partial charge in [-0.25, -0.2) is 7.91 Å². The van der Waals surface area contributed by atoms with Gasteiger partial charge in [-0.1, -0.05) is 0 Å². The van der Waals surface area contributed by atoms with Gasteiger partial charge < -0.3 is 10.6 Å². The average molecular weight is 337 g/mol. The van der Waals surface area contributed by atoms with Gasteiger partial charge in [0.05, 0.1) is 0 Å². The van der Waals surface area contributed by atoms with Crippen LogP contribution in [0.15, 0.2) is 0 Å². The van der Waals surface area contributed by atoms with Crippen molar-refractivity contribution >= 4 is 28.9 Å². The van der Waals surface area contributed by atoms with Crippen LogP contribution in [0.1, 0.15) is 32.6 Å². The van der Waals surface area contributed by atoms with E-state index >= 15 is 0 Å². The predicted octanol–water partition coefficient (Wildman–Crippen LogP) is 1.90. The van der Waals surface area contributed by atoms with E-state index in [1.54, 1.807) is 0 Å². The first-order chi connectivity index (χ1) is 7.66. The van der Waals surface area contributed by atoms with Crippen molar-refractivity contribution in [2.24, 2.45) is 5.92 Å². The van der Waals surface area contributed by atoms with Crippen LogP contribution in [-0.2, 0) is 0 Å². The molecule has 2 amide bonds. The zero-order chi connectivity index (χ0) is 11.5. The lowest BCUT2D eigenvalue weighted by Gasteiger charge is -2.35. The second kappa shape index (κ2) is 5.53. The second-order valence-electron chi connectivity index (χ2n) is 4.89. The molecule has 1 heterocycles. The van der Waals surface area contributed by atoms with E-state index in [1.165, 1.54) is 19.4 Å². The number of rotatable bonds is 3. The highest BCUT2D eigenvalue weighted by molar-refractivity contribution is 14.1. The number of carbonyl (C=O) groups is 1. The minimum Gasteiger partial charge on any atom is -0.338 e. The highest BCUT2D eigenvalue weighted by Crippen LogP contribution is 2.25. The lowest BCUT2D eigenvalue weighted by atomic mass is 9.92. The van der Waals surface area contributed by atoms with Crippen molar-refractivity contribution in [2.45, 2.75) is 44.7 Å². The zero-order valence-electron chi connectivity index (χ0n) is 9.71. The molecule has 0 aromatic carbocycles. The van der Waals surface area contributed by atoms with Crippen LogP contribution in [0.2, 0.25) is 0 Å². The number of amides is 2. The van der Waals surface area contributed by atoms with Crippen molar-refractivity contribution in [3.63, 3.8) is 0 Å². The molecule has 1 aliphatic carbocycles. The molecule has 2 N–H and O–H groups in total. The number of nitrogens with one attached hydrogen (secondary N) is 2. The number of halogens is 1. The molecule has 2 rings (SSSR count). The highest BCUT2D eigenvalue weighted by atomic mass is 127. The topological polar surface area (TPSA) is 44.4 Å². The number of nitrogens with zero attached hydrogens (tertiary/aromatic N) is 1. The van der Waals surface area contributed by atoms with E-state index in [-0.39, 0.29) is 6.03 Å². The van der Waals surface area contributed by atoms with Crippen LogP contribution in [0, 0.1) is 5.92 Å². The Morgan fingerprint density at radius 3 is 2.88 bits per heavy atom. The van der Waals surface area contributed by atoms with Gasteiger partial charge in [0.2, 0.25) is 0 Å². The Balaban J connectivity index is 1.69. The van der Waals surface area contributed by atoms with E-state index in [2.05, 4.69) is 43.5 Å². The van der Waals surface area contributed by atoms with Crippen LogP contribution in [0.3, 0.4) is 0 Å². The maximum absolute atomic E-state index is 11.5. The van der Waals surface area contributed by atoms with Gasteiger partial charge in [-0.3, -0.25) is 0 Å². The summed E-state index contributed by atoms with van der Waals surface area (Å²) in [7, 11) is 0. The van der Waals surface area contributed by atoms with E-state index in [0.717, 1.165) is 19.4 Å². The number of hydrogen-bond acceptors (Lipinski definition) is 2. The fourth-order valence-corrected chi connectivity index (χ4v) is 2.93. The molecule has 2 fully saturated rings. The molecule has 1 saturated carbocycles. The molecule has 16 heavy (non-hydrogen) atoms. The maximum atomic E-state index is 11.5. The number of carbonyl (C=O) groups excluding carboxylic acids is 1. The fraction of sp³-hybridized carbons (Fsp3) is 0.909. The number of urea groups is 1. The molecule has 2 atom stereocenters. The molecular weight excluding hydrogens is 317 g/mol. The Bertz CT molecular complexity index is 258. The van der Waals surface area contributed by atoms with Crippen LogP contribution in [0.5, 0.6) is 0 Å². The Labute approximate surface area is 111 Å². The first kappa shape index (κ1) is 12.4. The highest BCUT2D eigenvalue weighted by Gasteiger charge is 2.27. The summed E-state index contributed by atoms with van der Waals surface area (Å²) in [5.41, 5.74) is 0. The van der Waals surface area contributed by atoms with Crippen molar-refractivity contribution in [3.05, 3.63) is 0 Å². The molecule has 0 radical (unpaired) electrons. The molecule has 1 aliphatic heterocycles. The molecular formula is C11H20IN3O. The molecule has 4 nitrogen and oxygen atoms in total. The molecule has 0 aromatic heterocycles. The van der Waals surface area contributed by atoms with E-state index in [0.29, 0.717) is 18.0 Å². The van der Waals surface area contributed by atoms with E-state index in [9.17, 15) is 4.79 Å². The maximum Gasteiger partial charge on any atom is 0.315 e.